The first-order chi connectivity index (χ1) is 7.24. The molecule has 1 aromatic carbocycles. The van der Waals surface area contributed by atoms with E-state index < -0.39 is 0 Å². The average molecular weight is 223 g/mol. The molecule has 0 aliphatic carbocycles. The summed E-state index contributed by atoms with van der Waals surface area (Å²) in [7, 11) is 0. The number of aryl methyl sites for hydroxylation is 2. The molecule has 0 spiro atoms. The zero-order chi connectivity index (χ0) is 11.1. The molecule has 0 unspecified atom stereocenters. The Morgan fingerprint density at radius 3 is 2.67 bits per heavy atom. The zero-order valence-electron chi connectivity index (χ0n) is 9.71. The zero-order valence-corrected chi connectivity index (χ0v) is 10.6. The Morgan fingerprint density at radius 1 is 1.20 bits per heavy atom. The summed E-state index contributed by atoms with van der Waals surface area (Å²) < 4.78 is 0. The van der Waals surface area contributed by atoms with Gasteiger partial charge in [-0.05, 0) is 56.7 Å². The van der Waals surface area contributed by atoms with Crippen molar-refractivity contribution in [2.45, 2.75) is 26.7 Å². The van der Waals surface area contributed by atoms with Crippen molar-refractivity contribution in [3.05, 3.63) is 34.9 Å². The fraction of sp³-hybridized carbons (Fsp3) is 0.538. The summed E-state index contributed by atoms with van der Waals surface area (Å²) in [5, 5.41) is 3.43. The van der Waals surface area contributed by atoms with Gasteiger partial charge < -0.3 is 5.32 Å². The SMILES string of the molecule is Cc1ccc(CCNCCCS)c(C)c1. The van der Waals surface area contributed by atoms with Crippen molar-refractivity contribution in [2.75, 3.05) is 18.8 Å². The van der Waals surface area contributed by atoms with Crippen LogP contribution in [0.15, 0.2) is 18.2 Å². The second kappa shape index (κ2) is 6.91. The average Bonchev–Trinajstić information content (AvgIpc) is 2.20. The van der Waals surface area contributed by atoms with E-state index in [1.54, 1.807) is 0 Å². The van der Waals surface area contributed by atoms with Gasteiger partial charge in [0, 0.05) is 0 Å². The molecule has 84 valence electrons. The minimum Gasteiger partial charge on any atom is -0.316 e. The van der Waals surface area contributed by atoms with Crippen LogP contribution in [0.3, 0.4) is 0 Å². The van der Waals surface area contributed by atoms with Crippen molar-refractivity contribution in [1.29, 1.82) is 0 Å². The van der Waals surface area contributed by atoms with Crippen LogP contribution in [0.1, 0.15) is 23.1 Å². The van der Waals surface area contributed by atoms with E-state index in [1.807, 2.05) is 0 Å². The number of thiol groups is 1. The first-order valence-corrected chi connectivity index (χ1v) is 6.25. The van der Waals surface area contributed by atoms with Gasteiger partial charge in [-0.15, -0.1) is 0 Å². The van der Waals surface area contributed by atoms with Gasteiger partial charge in [0.1, 0.15) is 0 Å². The van der Waals surface area contributed by atoms with Crippen LogP contribution in [0.5, 0.6) is 0 Å². The second-order valence-electron chi connectivity index (χ2n) is 4.01. The number of hydrogen-bond acceptors (Lipinski definition) is 2. The summed E-state index contributed by atoms with van der Waals surface area (Å²) in [6.45, 7) is 6.48. The molecule has 0 fully saturated rings. The summed E-state index contributed by atoms with van der Waals surface area (Å²) in [6, 6.07) is 6.68. The van der Waals surface area contributed by atoms with Crippen molar-refractivity contribution in [3.63, 3.8) is 0 Å². The smallest absolute Gasteiger partial charge is 0.000825 e. The predicted octanol–water partition coefficient (Wildman–Crippen LogP) is 2.76. The van der Waals surface area contributed by atoms with E-state index in [1.165, 1.54) is 16.7 Å². The van der Waals surface area contributed by atoms with Crippen molar-refractivity contribution in [3.8, 4) is 0 Å². The Bertz CT molecular complexity index is 297. The van der Waals surface area contributed by atoms with E-state index in [9.17, 15) is 0 Å². The Labute approximate surface area is 98.7 Å². The quantitative estimate of drug-likeness (QED) is 0.558. The first-order valence-electron chi connectivity index (χ1n) is 5.61. The van der Waals surface area contributed by atoms with Gasteiger partial charge in [0.05, 0.1) is 0 Å². The van der Waals surface area contributed by atoms with Crippen molar-refractivity contribution in [1.82, 2.24) is 5.32 Å². The molecule has 1 aromatic rings. The largest absolute Gasteiger partial charge is 0.316 e. The topological polar surface area (TPSA) is 12.0 Å². The van der Waals surface area contributed by atoms with Crippen LogP contribution < -0.4 is 5.32 Å². The third-order valence-corrected chi connectivity index (χ3v) is 2.90. The summed E-state index contributed by atoms with van der Waals surface area (Å²) in [5.41, 5.74) is 4.21. The predicted molar refractivity (Wildman–Crippen MR) is 71.0 cm³/mol. The lowest BCUT2D eigenvalue weighted by atomic mass is 10.0. The minimum absolute atomic E-state index is 0.969. The molecule has 0 radical (unpaired) electrons. The van der Waals surface area contributed by atoms with Crippen molar-refractivity contribution >= 4 is 12.6 Å². The van der Waals surface area contributed by atoms with Crippen LogP contribution in [0.25, 0.3) is 0 Å². The monoisotopic (exact) mass is 223 g/mol. The van der Waals surface area contributed by atoms with E-state index >= 15 is 0 Å². The van der Waals surface area contributed by atoms with Crippen LogP contribution in [0, 0.1) is 13.8 Å². The van der Waals surface area contributed by atoms with Crippen LogP contribution in [-0.4, -0.2) is 18.8 Å². The minimum atomic E-state index is 0.969. The Kier molecular flexibility index (Phi) is 5.81. The van der Waals surface area contributed by atoms with Crippen LogP contribution in [0.2, 0.25) is 0 Å². The fourth-order valence-electron chi connectivity index (χ4n) is 1.68. The van der Waals surface area contributed by atoms with Gasteiger partial charge in [-0.25, -0.2) is 0 Å². The van der Waals surface area contributed by atoms with Gasteiger partial charge in [0.2, 0.25) is 0 Å². The maximum absolute atomic E-state index is 4.18. The summed E-state index contributed by atoms with van der Waals surface area (Å²) in [5.74, 6) is 0.969. The second-order valence-corrected chi connectivity index (χ2v) is 4.45. The highest BCUT2D eigenvalue weighted by atomic mass is 32.1. The van der Waals surface area contributed by atoms with Crippen LogP contribution in [0.4, 0.5) is 0 Å². The molecule has 1 rings (SSSR count). The molecule has 1 nitrogen and oxygen atoms in total. The standard InChI is InChI=1S/C13H21NS/c1-11-4-5-13(12(2)10-11)6-8-14-7-3-9-15/h4-5,10,14-15H,3,6-9H2,1-2H3. The maximum Gasteiger partial charge on any atom is -0.000825 e. The molecular formula is C13H21NS. The highest BCUT2D eigenvalue weighted by Gasteiger charge is 1.97. The highest BCUT2D eigenvalue weighted by molar-refractivity contribution is 7.80. The molecule has 0 saturated carbocycles. The Balaban J connectivity index is 2.31. The van der Waals surface area contributed by atoms with Crippen molar-refractivity contribution in [2.24, 2.45) is 0 Å². The molecule has 2 heteroatoms. The van der Waals surface area contributed by atoms with E-state index in [2.05, 4.69) is 50.0 Å². The molecular weight excluding hydrogens is 202 g/mol. The lowest BCUT2D eigenvalue weighted by Gasteiger charge is -2.07. The summed E-state index contributed by atoms with van der Waals surface area (Å²) in [4.78, 5) is 0. The van der Waals surface area contributed by atoms with Crippen molar-refractivity contribution < 1.29 is 0 Å². The maximum atomic E-state index is 4.18. The Morgan fingerprint density at radius 2 is 2.00 bits per heavy atom. The van der Waals surface area contributed by atoms with Crippen LogP contribution in [-0.2, 0) is 6.42 Å². The summed E-state index contributed by atoms with van der Waals surface area (Å²) in [6.07, 6.45) is 2.27. The number of nitrogens with one attached hydrogen (secondary N) is 1. The van der Waals surface area contributed by atoms with Gasteiger partial charge in [-0.3, -0.25) is 0 Å². The molecule has 0 aliphatic rings. The third-order valence-electron chi connectivity index (χ3n) is 2.58. The molecule has 1 N–H and O–H groups in total. The summed E-state index contributed by atoms with van der Waals surface area (Å²) >= 11 is 4.18. The molecule has 0 aromatic heterocycles. The van der Waals surface area contributed by atoms with E-state index in [0.29, 0.717) is 0 Å². The third kappa shape index (κ3) is 4.72. The number of benzene rings is 1. The molecule has 0 heterocycles. The van der Waals surface area contributed by atoms with E-state index in [0.717, 1.165) is 31.7 Å². The Hall–Kier alpha value is -0.470. The van der Waals surface area contributed by atoms with Gasteiger partial charge in [0.15, 0.2) is 0 Å². The van der Waals surface area contributed by atoms with E-state index in [-0.39, 0.29) is 0 Å². The molecule has 0 amide bonds. The van der Waals surface area contributed by atoms with Gasteiger partial charge >= 0.3 is 0 Å². The van der Waals surface area contributed by atoms with Gasteiger partial charge in [-0.2, -0.15) is 12.6 Å². The lowest BCUT2D eigenvalue weighted by Crippen LogP contribution is -2.19. The molecule has 0 aliphatic heterocycles. The van der Waals surface area contributed by atoms with Gasteiger partial charge in [-0.1, -0.05) is 23.8 Å². The molecule has 15 heavy (non-hydrogen) atoms. The fourth-order valence-corrected chi connectivity index (χ4v) is 1.84. The highest BCUT2D eigenvalue weighted by Crippen LogP contribution is 2.10. The molecule has 0 saturated heterocycles. The van der Waals surface area contributed by atoms with Crippen LogP contribution >= 0.6 is 12.6 Å². The number of rotatable bonds is 6. The number of hydrogen-bond donors (Lipinski definition) is 2. The lowest BCUT2D eigenvalue weighted by molar-refractivity contribution is 0.673. The first kappa shape index (κ1) is 12.6. The molecule has 0 atom stereocenters. The normalized spacial score (nSPS) is 10.6. The van der Waals surface area contributed by atoms with Gasteiger partial charge in [0.25, 0.3) is 0 Å². The van der Waals surface area contributed by atoms with E-state index in [4.69, 9.17) is 0 Å². The molecule has 0 bridgehead atoms.